The average molecular weight is 298 g/mol. The lowest BCUT2D eigenvalue weighted by Crippen LogP contribution is -2.14. The van der Waals surface area contributed by atoms with Crippen LogP contribution in [0.5, 0.6) is 0 Å². The molecule has 0 bridgehead atoms. The van der Waals surface area contributed by atoms with E-state index in [2.05, 4.69) is 13.2 Å². The fraction of sp³-hybridized carbons (Fsp3) is 0.500. The molecular formula is C16H26O5. The molecule has 0 aromatic carbocycles. The molecule has 0 aliphatic rings. The van der Waals surface area contributed by atoms with E-state index >= 15 is 0 Å². The fourth-order valence-corrected chi connectivity index (χ4v) is 1.64. The highest BCUT2D eigenvalue weighted by Gasteiger charge is 2.21. The predicted octanol–water partition coefficient (Wildman–Crippen LogP) is 3.16. The number of rotatable bonds is 9. The second-order valence-corrected chi connectivity index (χ2v) is 4.23. The van der Waals surface area contributed by atoms with Crippen LogP contribution in [0, 0.1) is 0 Å². The predicted molar refractivity (Wildman–Crippen MR) is 83.2 cm³/mol. The Hall–Kier alpha value is -1.88. The first-order chi connectivity index (χ1) is 9.97. The van der Waals surface area contributed by atoms with Gasteiger partial charge in [0.25, 0.3) is 0 Å². The maximum absolute atomic E-state index is 11.9. The minimum Gasteiger partial charge on any atom is -0.511 e. The van der Waals surface area contributed by atoms with Crippen molar-refractivity contribution in [2.24, 2.45) is 0 Å². The van der Waals surface area contributed by atoms with Crippen LogP contribution in [0.2, 0.25) is 0 Å². The second kappa shape index (κ2) is 13.1. The van der Waals surface area contributed by atoms with Gasteiger partial charge in [-0.2, -0.15) is 0 Å². The van der Waals surface area contributed by atoms with E-state index in [1.807, 2.05) is 13.8 Å². The zero-order chi connectivity index (χ0) is 16.8. The van der Waals surface area contributed by atoms with Crippen LogP contribution in [0.15, 0.2) is 36.3 Å². The lowest BCUT2D eigenvalue weighted by molar-refractivity contribution is -0.125. The Morgan fingerprint density at radius 3 is 2.00 bits per heavy atom. The molecule has 0 rings (SSSR count). The molecule has 0 unspecified atom stereocenters. The first-order valence-electron chi connectivity index (χ1n) is 6.95. The Morgan fingerprint density at radius 1 is 1.05 bits per heavy atom. The zero-order valence-corrected chi connectivity index (χ0v) is 12.9. The minimum atomic E-state index is -0.619. The summed E-state index contributed by atoms with van der Waals surface area (Å²) in [5.74, 6) is -1.58. The normalized spacial score (nSPS) is 12.0. The van der Waals surface area contributed by atoms with Crippen LogP contribution in [0.4, 0.5) is 0 Å². The van der Waals surface area contributed by atoms with Crippen molar-refractivity contribution in [3.63, 3.8) is 0 Å². The molecule has 0 saturated carbocycles. The summed E-state index contributed by atoms with van der Waals surface area (Å²) in [5, 5.41) is 28.2. The number of hydrogen-bond acceptors (Lipinski definition) is 5. The molecule has 5 heteroatoms. The molecule has 5 nitrogen and oxygen atoms in total. The average Bonchev–Trinajstić information content (AvgIpc) is 2.41. The van der Waals surface area contributed by atoms with Crippen molar-refractivity contribution in [1.29, 1.82) is 0 Å². The monoisotopic (exact) mass is 298 g/mol. The van der Waals surface area contributed by atoms with E-state index in [4.69, 9.17) is 5.11 Å². The van der Waals surface area contributed by atoms with Crippen LogP contribution in [0.3, 0.4) is 0 Å². The van der Waals surface area contributed by atoms with Crippen molar-refractivity contribution in [3.05, 3.63) is 36.3 Å². The minimum absolute atomic E-state index is 0.229. The molecule has 120 valence electrons. The maximum Gasteiger partial charge on any atom is 0.177 e. The van der Waals surface area contributed by atoms with Crippen LogP contribution in [0.1, 0.15) is 46.0 Å². The van der Waals surface area contributed by atoms with E-state index < -0.39 is 18.1 Å². The summed E-state index contributed by atoms with van der Waals surface area (Å²) in [5.41, 5.74) is -0.264. The van der Waals surface area contributed by atoms with Gasteiger partial charge in [-0.15, -0.1) is 13.2 Å². The topological polar surface area (TPSA) is 94.8 Å². The van der Waals surface area contributed by atoms with E-state index in [0.29, 0.717) is 12.8 Å². The molecule has 0 spiro atoms. The van der Waals surface area contributed by atoms with Crippen molar-refractivity contribution in [1.82, 2.24) is 0 Å². The zero-order valence-electron chi connectivity index (χ0n) is 12.9. The summed E-state index contributed by atoms with van der Waals surface area (Å²) < 4.78 is 0. The molecule has 0 aliphatic heterocycles. The number of carbonyl (C=O) groups excluding carboxylic acids is 2. The van der Waals surface area contributed by atoms with Gasteiger partial charge in [0.2, 0.25) is 0 Å². The smallest absolute Gasteiger partial charge is 0.177 e. The Labute approximate surface area is 126 Å². The molecule has 0 heterocycles. The summed E-state index contributed by atoms with van der Waals surface area (Å²) >= 11 is 0. The molecule has 0 fully saturated rings. The van der Waals surface area contributed by atoms with Gasteiger partial charge in [-0.3, -0.25) is 9.59 Å². The lowest BCUT2D eigenvalue weighted by atomic mass is 9.99. The Balaban J connectivity index is 0. The number of hydrogen-bond donors (Lipinski definition) is 3. The highest BCUT2D eigenvalue weighted by atomic mass is 16.3. The molecule has 21 heavy (non-hydrogen) atoms. The summed E-state index contributed by atoms with van der Waals surface area (Å²) in [7, 11) is 0. The van der Waals surface area contributed by atoms with Gasteiger partial charge >= 0.3 is 0 Å². The quantitative estimate of drug-likeness (QED) is 0.200. The first kappa shape index (κ1) is 21.4. The Kier molecular flexibility index (Phi) is 13.4. The number of aliphatic hydroxyl groups is 3. The van der Waals surface area contributed by atoms with E-state index in [1.54, 1.807) is 0 Å². The Bertz CT molecular complexity index is 393. The van der Waals surface area contributed by atoms with Crippen LogP contribution in [0.25, 0.3) is 0 Å². The van der Waals surface area contributed by atoms with Crippen molar-refractivity contribution >= 4 is 11.6 Å². The maximum atomic E-state index is 11.9. The van der Waals surface area contributed by atoms with Crippen LogP contribution in [-0.4, -0.2) is 33.5 Å². The van der Waals surface area contributed by atoms with Crippen molar-refractivity contribution < 1.29 is 24.9 Å². The molecule has 0 atom stereocenters. The first-order valence-corrected chi connectivity index (χ1v) is 6.95. The van der Waals surface area contributed by atoms with E-state index in [1.165, 1.54) is 0 Å². The largest absolute Gasteiger partial charge is 0.511 e. The summed E-state index contributed by atoms with van der Waals surface area (Å²) in [6.45, 7) is 9.19. The van der Waals surface area contributed by atoms with Crippen LogP contribution >= 0.6 is 0 Å². The fourth-order valence-electron chi connectivity index (χ4n) is 1.64. The summed E-state index contributed by atoms with van der Waals surface area (Å²) in [6, 6.07) is 0. The second-order valence-electron chi connectivity index (χ2n) is 4.23. The van der Waals surface area contributed by atoms with E-state index in [-0.39, 0.29) is 36.4 Å². The molecule has 3 N–H and O–H groups in total. The van der Waals surface area contributed by atoms with Gasteiger partial charge in [0.05, 0.1) is 18.6 Å². The number of allylic oxidation sites excluding steroid dienone is 2. The number of aliphatic hydroxyl groups excluding tert-OH is 3. The third-order valence-corrected chi connectivity index (χ3v) is 2.48. The van der Waals surface area contributed by atoms with Crippen molar-refractivity contribution in [2.75, 3.05) is 6.61 Å². The van der Waals surface area contributed by atoms with Crippen LogP contribution in [-0.2, 0) is 9.59 Å². The van der Waals surface area contributed by atoms with Crippen molar-refractivity contribution in [3.8, 4) is 0 Å². The van der Waals surface area contributed by atoms with Gasteiger partial charge in [0.15, 0.2) is 5.78 Å². The third kappa shape index (κ3) is 8.81. The van der Waals surface area contributed by atoms with Crippen molar-refractivity contribution in [2.45, 2.75) is 46.0 Å². The highest BCUT2D eigenvalue weighted by molar-refractivity contribution is 6.09. The van der Waals surface area contributed by atoms with Gasteiger partial charge in [-0.05, 0) is 18.9 Å². The molecule has 0 aliphatic carbocycles. The summed E-state index contributed by atoms with van der Waals surface area (Å²) in [4.78, 5) is 23.4. The third-order valence-electron chi connectivity index (χ3n) is 2.48. The van der Waals surface area contributed by atoms with E-state index in [9.17, 15) is 19.8 Å². The lowest BCUT2D eigenvalue weighted by Gasteiger charge is -2.09. The van der Waals surface area contributed by atoms with Gasteiger partial charge in [0, 0.05) is 12.8 Å². The molecule has 0 radical (unpaired) electrons. The number of Topliss-reactive ketones (excluding diaryl/α,β-unsaturated/α-hetero) is 2. The molecular weight excluding hydrogens is 272 g/mol. The summed E-state index contributed by atoms with van der Waals surface area (Å²) in [6.07, 6.45) is 2.43. The Morgan fingerprint density at radius 2 is 1.57 bits per heavy atom. The number of carbonyl (C=O) groups is 2. The molecule has 0 amide bonds. The van der Waals surface area contributed by atoms with Crippen LogP contribution < -0.4 is 0 Å². The van der Waals surface area contributed by atoms with Gasteiger partial charge in [0.1, 0.15) is 17.3 Å². The SMILES string of the molecule is C=C.CCCC(=O)CC(=O)C(=C(\O)CCC)/C(O)=C\CO. The van der Waals surface area contributed by atoms with Gasteiger partial charge in [-0.1, -0.05) is 13.8 Å². The number of ketones is 2. The molecule has 0 aromatic heterocycles. The molecule has 0 aromatic rings. The molecule has 0 saturated heterocycles. The van der Waals surface area contributed by atoms with Gasteiger partial charge < -0.3 is 15.3 Å². The van der Waals surface area contributed by atoms with E-state index in [0.717, 1.165) is 6.08 Å². The highest BCUT2D eigenvalue weighted by Crippen LogP contribution is 2.18. The standard InChI is InChI=1S/C14H22O5.C2H4/c1-3-5-10(16)9-13(19)14(11(17)6-4-2)12(18)7-8-15;1-2/h7,15,17-18H,3-6,8-9H2,1-2H3;1-2H2/b12-7+,14-11-;. The van der Waals surface area contributed by atoms with Gasteiger partial charge in [-0.25, -0.2) is 0 Å².